The van der Waals surface area contributed by atoms with Crippen LogP contribution < -0.4 is 15.4 Å². The molecule has 0 radical (unpaired) electrons. The molecule has 2 rings (SSSR count). The van der Waals surface area contributed by atoms with Crippen molar-refractivity contribution in [1.29, 1.82) is 0 Å². The van der Waals surface area contributed by atoms with E-state index in [0.717, 1.165) is 17.2 Å². The summed E-state index contributed by atoms with van der Waals surface area (Å²) in [4.78, 5) is 23.8. The molecule has 0 bridgehead atoms. The summed E-state index contributed by atoms with van der Waals surface area (Å²) in [5, 5.41) is 4.95. The van der Waals surface area contributed by atoms with Gasteiger partial charge < -0.3 is 15.4 Å². The molecule has 0 aromatic heterocycles. The summed E-state index contributed by atoms with van der Waals surface area (Å²) in [5.41, 5.74) is 2.40. The van der Waals surface area contributed by atoms with Crippen molar-refractivity contribution >= 4 is 17.5 Å². The molecule has 0 spiro atoms. The van der Waals surface area contributed by atoms with Crippen molar-refractivity contribution < 1.29 is 18.7 Å². The molecular weight excluding hydrogens is 323 g/mol. The van der Waals surface area contributed by atoms with Crippen LogP contribution in [-0.2, 0) is 9.59 Å². The molecule has 0 heterocycles. The maximum absolute atomic E-state index is 13.6. The summed E-state index contributed by atoms with van der Waals surface area (Å²) in [6.07, 6.45) is 0. The predicted octanol–water partition coefficient (Wildman–Crippen LogP) is 3.00. The number of carbonyl (C=O) groups is 2. The molecule has 1 unspecified atom stereocenters. The van der Waals surface area contributed by atoms with Crippen LogP contribution >= 0.6 is 0 Å². The average Bonchev–Trinajstić information content (AvgIpc) is 2.59. The molecule has 2 aromatic rings. The molecule has 0 saturated carbocycles. The van der Waals surface area contributed by atoms with Crippen LogP contribution in [0.5, 0.6) is 5.75 Å². The van der Waals surface area contributed by atoms with Crippen LogP contribution in [0.25, 0.3) is 0 Å². The molecule has 2 N–H and O–H groups in total. The first kappa shape index (κ1) is 18.4. The lowest BCUT2D eigenvalue weighted by Gasteiger charge is -2.14. The highest BCUT2D eigenvalue weighted by Gasteiger charge is 2.16. The van der Waals surface area contributed by atoms with Crippen molar-refractivity contribution in [1.82, 2.24) is 5.32 Å². The van der Waals surface area contributed by atoms with E-state index in [1.54, 1.807) is 0 Å². The van der Waals surface area contributed by atoms with Gasteiger partial charge in [0.15, 0.2) is 11.6 Å². The van der Waals surface area contributed by atoms with E-state index < -0.39 is 17.6 Å². The van der Waals surface area contributed by atoms with E-state index in [0.29, 0.717) is 6.54 Å². The SMILES string of the molecule is COc1ccc(NC(=O)C(=O)NCC(C)c2cccc(C)c2)cc1F. The van der Waals surface area contributed by atoms with Crippen LogP contribution in [0, 0.1) is 12.7 Å². The Morgan fingerprint density at radius 1 is 1.16 bits per heavy atom. The molecule has 2 aromatic carbocycles. The zero-order valence-electron chi connectivity index (χ0n) is 14.4. The topological polar surface area (TPSA) is 67.4 Å². The van der Waals surface area contributed by atoms with Gasteiger partial charge >= 0.3 is 11.8 Å². The minimum Gasteiger partial charge on any atom is -0.494 e. The number of carbonyl (C=O) groups excluding carboxylic acids is 2. The smallest absolute Gasteiger partial charge is 0.313 e. The number of hydrogen-bond donors (Lipinski definition) is 2. The fraction of sp³-hybridized carbons (Fsp3) is 0.263. The number of aryl methyl sites for hydroxylation is 1. The summed E-state index contributed by atoms with van der Waals surface area (Å²) >= 11 is 0. The number of benzene rings is 2. The van der Waals surface area contributed by atoms with Crippen molar-refractivity contribution in [2.75, 3.05) is 19.0 Å². The number of halogens is 1. The maximum atomic E-state index is 13.6. The van der Waals surface area contributed by atoms with Crippen LogP contribution in [0.15, 0.2) is 42.5 Å². The van der Waals surface area contributed by atoms with Crippen molar-refractivity contribution in [3.63, 3.8) is 0 Å². The quantitative estimate of drug-likeness (QED) is 0.820. The summed E-state index contributed by atoms with van der Waals surface area (Å²) in [6.45, 7) is 4.29. The van der Waals surface area contributed by atoms with E-state index in [1.807, 2.05) is 38.1 Å². The third-order valence-corrected chi connectivity index (χ3v) is 3.80. The zero-order valence-corrected chi connectivity index (χ0v) is 14.4. The molecular formula is C19H21FN2O3. The molecule has 2 amide bonds. The summed E-state index contributed by atoms with van der Waals surface area (Å²) in [5.74, 6) is -2.10. The molecule has 0 aliphatic carbocycles. The Bertz CT molecular complexity index is 777. The first-order valence-corrected chi connectivity index (χ1v) is 7.90. The van der Waals surface area contributed by atoms with Crippen LogP contribution in [0.3, 0.4) is 0 Å². The molecule has 0 aliphatic rings. The van der Waals surface area contributed by atoms with Gasteiger partial charge in [-0.05, 0) is 30.5 Å². The first-order chi connectivity index (χ1) is 11.9. The van der Waals surface area contributed by atoms with Gasteiger partial charge in [-0.3, -0.25) is 9.59 Å². The number of anilines is 1. The minimum absolute atomic E-state index is 0.0643. The number of methoxy groups -OCH3 is 1. The standard InChI is InChI=1S/C19H21FN2O3/c1-12-5-4-6-14(9-12)13(2)11-21-18(23)19(24)22-15-7-8-17(25-3)16(20)10-15/h4-10,13H,11H2,1-3H3,(H,21,23)(H,22,24). The largest absolute Gasteiger partial charge is 0.494 e. The molecule has 132 valence electrons. The Labute approximate surface area is 146 Å². The maximum Gasteiger partial charge on any atom is 0.313 e. The minimum atomic E-state index is -0.846. The lowest BCUT2D eigenvalue weighted by atomic mass is 9.99. The van der Waals surface area contributed by atoms with Gasteiger partial charge in [-0.25, -0.2) is 4.39 Å². The number of ether oxygens (including phenoxy) is 1. The fourth-order valence-corrected chi connectivity index (χ4v) is 2.35. The van der Waals surface area contributed by atoms with Gasteiger partial charge in [0.1, 0.15) is 0 Å². The normalized spacial score (nSPS) is 11.5. The van der Waals surface area contributed by atoms with Crippen molar-refractivity contribution in [3.05, 3.63) is 59.4 Å². The van der Waals surface area contributed by atoms with E-state index in [9.17, 15) is 14.0 Å². The highest BCUT2D eigenvalue weighted by molar-refractivity contribution is 6.39. The van der Waals surface area contributed by atoms with Crippen molar-refractivity contribution in [2.24, 2.45) is 0 Å². The van der Waals surface area contributed by atoms with E-state index in [-0.39, 0.29) is 17.4 Å². The Balaban J connectivity index is 1.90. The third kappa shape index (κ3) is 5.04. The molecule has 5 nitrogen and oxygen atoms in total. The van der Waals surface area contributed by atoms with E-state index in [4.69, 9.17) is 4.74 Å². The molecule has 25 heavy (non-hydrogen) atoms. The zero-order chi connectivity index (χ0) is 18.4. The van der Waals surface area contributed by atoms with Crippen molar-refractivity contribution in [3.8, 4) is 5.75 Å². The lowest BCUT2D eigenvalue weighted by Crippen LogP contribution is -2.37. The molecule has 0 fully saturated rings. The van der Waals surface area contributed by atoms with Gasteiger partial charge in [0.2, 0.25) is 0 Å². The van der Waals surface area contributed by atoms with Crippen molar-refractivity contribution in [2.45, 2.75) is 19.8 Å². The van der Waals surface area contributed by atoms with Crippen LogP contribution in [0.4, 0.5) is 10.1 Å². The monoisotopic (exact) mass is 344 g/mol. The second-order valence-corrected chi connectivity index (χ2v) is 5.83. The number of nitrogens with one attached hydrogen (secondary N) is 2. The first-order valence-electron chi connectivity index (χ1n) is 7.90. The third-order valence-electron chi connectivity index (χ3n) is 3.80. The number of hydrogen-bond acceptors (Lipinski definition) is 3. The second-order valence-electron chi connectivity index (χ2n) is 5.83. The van der Waals surface area contributed by atoms with Gasteiger partial charge in [0.05, 0.1) is 7.11 Å². The highest BCUT2D eigenvalue weighted by atomic mass is 19.1. The van der Waals surface area contributed by atoms with E-state index >= 15 is 0 Å². The van der Waals surface area contributed by atoms with Crippen LogP contribution in [0.2, 0.25) is 0 Å². The number of amides is 2. The second kappa shape index (κ2) is 8.28. The predicted molar refractivity (Wildman–Crippen MR) is 94.2 cm³/mol. The van der Waals surface area contributed by atoms with Gasteiger partial charge in [-0.15, -0.1) is 0 Å². The average molecular weight is 344 g/mol. The van der Waals surface area contributed by atoms with Crippen LogP contribution in [-0.4, -0.2) is 25.5 Å². The molecule has 6 heteroatoms. The fourth-order valence-electron chi connectivity index (χ4n) is 2.35. The summed E-state index contributed by atoms with van der Waals surface area (Å²) in [6, 6.07) is 11.9. The number of rotatable bonds is 5. The summed E-state index contributed by atoms with van der Waals surface area (Å²) < 4.78 is 18.4. The highest BCUT2D eigenvalue weighted by Crippen LogP contribution is 2.20. The molecule has 0 aliphatic heterocycles. The Kier molecular flexibility index (Phi) is 6.11. The Hall–Kier alpha value is -2.89. The summed E-state index contributed by atoms with van der Waals surface area (Å²) in [7, 11) is 1.35. The van der Waals surface area contributed by atoms with Gasteiger partial charge in [0.25, 0.3) is 0 Å². The Morgan fingerprint density at radius 3 is 2.56 bits per heavy atom. The van der Waals surface area contributed by atoms with Gasteiger partial charge in [0, 0.05) is 18.3 Å². The molecule has 0 saturated heterocycles. The van der Waals surface area contributed by atoms with Gasteiger partial charge in [-0.2, -0.15) is 0 Å². The van der Waals surface area contributed by atoms with E-state index in [1.165, 1.54) is 19.2 Å². The molecule has 1 atom stereocenters. The van der Waals surface area contributed by atoms with E-state index in [2.05, 4.69) is 10.6 Å². The van der Waals surface area contributed by atoms with Gasteiger partial charge in [-0.1, -0.05) is 36.8 Å². The van der Waals surface area contributed by atoms with Crippen LogP contribution in [0.1, 0.15) is 24.0 Å². The lowest BCUT2D eigenvalue weighted by molar-refractivity contribution is -0.136. The Morgan fingerprint density at radius 2 is 1.92 bits per heavy atom.